The third-order valence-electron chi connectivity index (χ3n) is 2.42. The van der Waals surface area contributed by atoms with Gasteiger partial charge in [0.15, 0.2) is 0 Å². The summed E-state index contributed by atoms with van der Waals surface area (Å²) in [5.41, 5.74) is 0. The van der Waals surface area contributed by atoms with Crippen molar-refractivity contribution in [2.45, 2.75) is 17.4 Å². The van der Waals surface area contributed by atoms with Gasteiger partial charge in [0, 0.05) is 4.90 Å². The van der Waals surface area contributed by atoms with E-state index in [-0.39, 0.29) is 11.6 Å². The molecule has 6 nitrogen and oxygen atoms in total. The Kier molecular flexibility index (Phi) is 6.67. The minimum atomic E-state index is -1.33. The first kappa shape index (κ1) is 17.0. The zero-order valence-corrected chi connectivity index (χ0v) is 12.0. The third kappa shape index (κ3) is 6.26. The van der Waals surface area contributed by atoms with Crippen LogP contribution in [0.25, 0.3) is 0 Å². The molecule has 0 saturated carbocycles. The molecule has 0 bridgehead atoms. The summed E-state index contributed by atoms with van der Waals surface area (Å²) < 4.78 is 17.1. The maximum Gasteiger partial charge on any atom is 0.326 e. The van der Waals surface area contributed by atoms with Gasteiger partial charge in [-0.2, -0.15) is 0 Å². The van der Waals surface area contributed by atoms with E-state index in [0.717, 1.165) is 18.9 Å². The first-order chi connectivity index (χ1) is 9.92. The molecule has 0 spiro atoms. The number of esters is 1. The highest BCUT2D eigenvalue weighted by Crippen LogP contribution is 2.17. The van der Waals surface area contributed by atoms with Gasteiger partial charge in [-0.15, -0.1) is 11.8 Å². The number of carbonyl (C=O) groups is 3. The van der Waals surface area contributed by atoms with E-state index >= 15 is 0 Å². The van der Waals surface area contributed by atoms with Gasteiger partial charge in [-0.05, 0) is 24.3 Å². The van der Waals surface area contributed by atoms with E-state index in [0.29, 0.717) is 4.90 Å². The van der Waals surface area contributed by atoms with Crippen LogP contribution < -0.4 is 5.32 Å². The van der Waals surface area contributed by atoms with Crippen LogP contribution in [-0.4, -0.2) is 41.9 Å². The van der Waals surface area contributed by atoms with Crippen molar-refractivity contribution in [3.05, 3.63) is 30.1 Å². The van der Waals surface area contributed by atoms with Crippen LogP contribution in [0.3, 0.4) is 0 Å². The number of nitrogens with one attached hydrogen (secondary N) is 1. The number of carboxylic acids is 1. The van der Waals surface area contributed by atoms with E-state index in [1.54, 1.807) is 0 Å². The molecule has 0 aliphatic heterocycles. The fourth-order valence-corrected chi connectivity index (χ4v) is 2.08. The highest BCUT2D eigenvalue weighted by atomic mass is 32.2. The number of methoxy groups -OCH3 is 1. The van der Waals surface area contributed by atoms with Gasteiger partial charge in [0.05, 0.1) is 19.3 Å². The first-order valence-corrected chi connectivity index (χ1v) is 6.88. The summed E-state index contributed by atoms with van der Waals surface area (Å²) in [5, 5.41) is 11.1. The molecule has 8 heteroatoms. The zero-order valence-electron chi connectivity index (χ0n) is 11.2. The fraction of sp³-hybridized carbons (Fsp3) is 0.308. The van der Waals surface area contributed by atoms with Crippen LogP contribution in [0, 0.1) is 5.82 Å². The summed E-state index contributed by atoms with van der Waals surface area (Å²) in [6, 6.07) is 4.21. The minimum Gasteiger partial charge on any atom is -0.480 e. The number of carbonyl (C=O) groups excluding carboxylic acids is 2. The minimum absolute atomic E-state index is 0.0451. The molecule has 1 aromatic rings. The van der Waals surface area contributed by atoms with Gasteiger partial charge in [-0.3, -0.25) is 9.59 Å². The Labute approximate surface area is 124 Å². The molecule has 1 atom stereocenters. The molecule has 0 aliphatic carbocycles. The number of carboxylic acid groups (broad SMARTS) is 1. The molecule has 0 fully saturated rings. The number of ether oxygens (including phenoxy) is 1. The maximum atomic E-state index is 12.7. The average Bonchev–Trinajstić information content (AvgIpc) is 2.45. The monoisotopic (exact) mass is 315 g/mol. The van der Waals surface area contributed by atoms with Crippen LogP contribution in [0.5, 0.6) is 0 Å². The van der Waals surface area contributed by atoms with Crippen LogP contribution in [0.2, 0.25) is 0 Å². The summed E-state index contributed by atoms with van der Waals surface area (Å²) in [7, 11) is 1.13. The van der Waals surface area contributed by atoms with Gasteiger partial charge in [0.2, 0.25) is 5.91 Å². The molecule has 0 saturated heterocycles. The number of hydrogen-bond acceptors (Lipinski definition) is 5. The molecule has 1 amide bonds. The van der Waals surface area contributed by atoms with Crippen molar-refractivity contribution in [1.29, 1.82) is 0 Å². The molecule has 0 radical (unpaired) electrons. The number of halogens is 1. The summed E-state index contributed by atoms with van der Waals surface area (Å²) in [6.45, 7) is 0. The second kappa shape index (κ2) is 8.25. The number of benzene rings is 1. The van der Waals surface area contributed by atoms with Crippen LogP contribution >= 0.6 is 11.8 Å². The maximum absolute atomic E-state index is 12.7. The van der Waals surface area contributed by atoms with Crippen LogP contribution in [0.4, 0.5) is 4.39 Å². The number of aliphatic carboxylic acids is 1. The summed E-state index contributed by atoms with van der Waals surface area (Å²) in [4.78, 5) is 34.3. The predicted octanol–water partition coefficient (Wildman–Crippen LogP) is 1.05. The third-order valence-corrected chi connectivity index (χ3v) is 3.43. The van der Waals surface area contributed by atoms with Gasteiger partial charge in [-0.1, -0.05) is 0 Å². The lowest BCUT2D eigenvalue weighted by Gasteiger charge is -2.13. The van der Waals surface area contributed by atoms with Gasteiger partial charge in [0.1, 0.15) is 11.9 Å². The predicted molar refractivity (Wildman–Crippen MR) is 73.3 cm³/mol. The quantitative estimate of drug-likeness (QED) is 0.577. The van der Waals surface area contributed by atoms with E-state index in [2.05, 4.69) is 10.1 Å². The van der Waals surface area contributed by atoms with Crippen molar-refractivity contribution in [2.24, 2.45) is 0 Å². The van der Waals surface area contributed by atoms with E-state index < -0.39 is 30.3 Å². The van der Waals surface area contributed by atoms with Crippen molar-refractivity contribution < 1.29 is 28.6 Å². The number of hydrogen-bond donors (Lipinski definition) is 2. The standard InChI is InChI=1S/C13H14FNO5S/c1-20-12(17)6-10(13(18)19)15-11(16)7-21-9-4-2-8(14)3-5-9/h2-5,10H,6-7H2,1H3,(H,15,16)(H,18,19)/t10-/m0/s1. The number of amides is 1. The Morgan fingerprint density at radius 3 is 2.48 bits per heavy atom. The number of rotatable bonds is 7. The highest BCUT2D eigenvalue weighted by molar-refractivity contribution is 8.00. The van der Waals surface area contributed by atoms with Gasteiger partial charge < -0.3 is 15.2 Å². The topological polar surface area (TPSA) is 92.7 Å². The van der Waals surface area contributed by atoms with E-state index in [4.69, 9.17) is 5.11 Å². The van der Waals surface area contributed by atoms with Gasteiger partial charge in [0.25, 0.3) is 0 Å². The second-order valence-electron chi connectivity index (χ2n) is 3.98. The fourth-order valence-electron chi connectivity index (χ4n) is 1.37. The van der Waals surface area contributed by atoms with Crippen molar-refractivity contribution in [3.8, 4) is 0 Å². The summed E-state index contributed by atoms with van der Waals surface area (Å²) in [5.74, 6) is -3.01. The van der Waals surface area contributed by atoms with Crippen LogP contribution in [0.1, 0.15) is 6.42 Å². The molecule has 114 valence electrons. The van der Waals surface area contributed by atoms with E-state index in [9.17, 15) is 18.8 Å². The Bertz CT molecular complexity index is 520. The Balaban J connectivity index is 2.48. The Morgan fingerprint density at radius 2 is 1.95 bits per heavy atom. The average molecular weight is 315 g/mol. The van der Waals surface area contributed by atoms with E-state index in [1.807, 2.05) is 0 Å². The Morgan fingerprint density at radius 1 is 1.33 bits per heavy atom. The Hall–Kier alpha value is -2.09. The van der Waals surface area contributed by atoms with Crippen molar-refractivity contribution in [2.75, 3.05) is 12.9 Å². The first-order valence-electron chi connectivity index (χ1n) is 5.89. The van der Waals surface area contributed by atoms with Gasteiger partial charge in [-0.25, -0.2) is 9.18 Å². The SMILES string of the molecule is COC(=O)C[C@H](NC(=O)CSc1ccc(F)cc1)C(=O)O. The zero-order chi connectivity index (χ0) is 15.8. The molecule has 21 heavy (non-hydrogen) atoms. The van der Waals surface area contributed by atoms with E-state index in [1.165, 1.54) is 24.3 Å². The van der Waals surface area contributed by atoms with Crippen LogP contribution in [0.15, 0.2) is 29.2 Å². The summed E-state index contributed by atoms with van der Waals surface area (Å²) >= 11 is 1.13. The van der Waals surface area contributed by atoms with Gasteiger partial charge >= 0.3 is 11.9 Å². The molecular weight excluding hydrogens is 301 g/mol. The second-order valence-corrected chi connectivity index (χ2v) is 5.03. The molecule has 0 aliphatic rings. The molecule has 2 N–H and O–H groups in total. The molecule has 1 aromatic carbocycles. The molecule has 0 unspecified atom stereocenters. The lowest BCUT2D eigenvalue weighted by Crippen LogP contribution is -2.43. The van der Waals surface area contributed by atoms with Crippen molar-refractivity contribution >= 4 is 29.6 Å². The molecule has 0 aromatic heterocycles. The smallest absolute Gasteiger partial charge is 0.326 e. The van der Waals surface area contributed by atoms with Crippen LogP contribution in [-0.2, 0) is 19.1 Å². The molecule has 1 rings (SSSR count). The normalized spacial score (nSPS) is 11.5. The largest absolute Gasteiger partial charge is 0.480 e. The van der Waals surface area contributed by atoms with Crippen molar-refractivity contribution in [3.63, 3.8) is 0 Å². The van der Waals surface area contributed by atoms with Crippen molar-refractivity contribution in [1.82, 2.24) is 5.32 Å². The molecule has 0 heterocycles. The lowest BCUT2D eigenvalue weighted by atomic mass is 10.2. The highest BCUT2D eigenvalue weighted by Gasteiger charge is 2.23. The lowest BCUT2D eigenvalue weighted by molar-refractivity contribution is -0.148. The summed E-state index contributed by atoms with van der Waals surface area (Å²) in [6.07, 6.45) is -0.446. The number of thioether (sulfide) groups is 1. The molecular formula is C13H14FNO5S.